The minimum absolute atomic E-state index is 0.0156. The molecule has 1 atom stereocenters. The third kappa shape index (κ3) is 5.90. The van der Waals surface area contributed by atoms with E-state index < -0.39 is 0 Å². The first-order valence-corrected chi connectivity index (χ1v) is 11.2. The van der Waals surface area contributed by atoms with Crippen molar-refractivity contribution in [1.82, 2.24) is 10.2 Å². The van der Waals surface area contributed by atoms with Crippen LogP contribution in [-0.4, -0.2) is 43.9 Å². The van der Waals surface area contributed by atoms with E-state index in [1.807, 2.05) is 30.1 Å². The van der Waals surface area contributed by atoms with Crippen molar-refractivity contribution in [3.8, 4) is 11.5 Å². The fourth-order valence-corrected chi connectivity index (χ4v) is 3.86. The summed E-state index contributed by atoms with van der Waals surface area (Å²) in [5.41, 5.74) is 2.23. The fraction of sp³-hybridized carbons (Fsp3) is 0.435. The van der Waals surface area contributed by atoms with Crippen LogP contribution in [0.5, 0.6) is 11.5 Å². The maximum absolute atomic E-state index is 12.7. The molecular weight excluding hydrogens is 384 g/mol. The number of ether oxygens (including phenoxy) is 2. The Morgan fingerprint density at radius 3 is 2.45 bits per heavy atom. The standard InChI is InChI=1S/C23H30N2O3S/c1-16(2)23(18-7-10-20-21(13-18)28-12-11-27-20)24-22(26)15-25(3)14-17-5-8-19(29-4)9-6-17/h5-10,13,16,23H,11-12,14-15H2,1-4H3,(H,24,26)/t23-/m1/s1. The van der Waals surface area contributed by atoms with Crippen LogP contribution in [0.25, 0.3) is 0 Å². The summed E-state index contributed by atoms with van der Waals surface area (Å²) >= 11 is 1.73. The van der Waals surface area contributed by atoms with Gasteiger partial charge in [-0.2, -0.15) is 0 Å². The highest BCUT2D eigenvalue weighted by atomic mass is 32.2. The molecule has 5 nitrogen and oxygen atoms in total. The molecule has 2 aromatic carbocycles. The monoisotopic (exact) mass is 414 g/mol. The number of nitrogens with zero attached hydrogens (tertiary/aromatic N) is 1. The second-order valence-electron chi connectivity index (χ2n) is 7.71. The first-order chi connectivity index (χ1) is 14.0. The molecule has 156 valence electrons. The second-order valence-corrected chi connectivity index (χ2v) is 8.59. The number of hydrogen-bond acceptors (Lipinski definition) is 5. The molecule has 0 saturated carbocycles. The molecular formula is C23H30N2O3S. The van der Waals surface area contributed by atoms with Crippen LogP contribution in [0, 0.1) is 5.92 Å². The van der Waals surface area contributed by atoms with Gasteiger partial charge in [-0.25, -0.2) is 0 Å². The first-order valence-electron chi connectivity index (χ1n) is 9.96. The van der Waals surface area contributed by atoms with Crippen LogP contribution in [0.4, 0.5) is 0 Å². The van der Waals surface area contributed by atoms with Crippen molar-refractivity contribution in [3.63, 3.8) is 0 Å². The van der Waals surface area contributed by atoms with E-state index >= 15 is 0 Å². The molecule has 29 heavy (non-hydrogen) atoms. The van der Waals surface area contributed by atoms with Crippen molar-refractivity contribution >= 4 is 17.7 Å². The first kappa shape index (κ1) is 21.5. The normalized spacial score (nSPS) is 14.1. The summed E-state index contributed by atoms with van der Waals surface area (Å²) in [6.07, 6.45) is 2.07. The maximum atomic E-state index is 12.7. The van der Waals surface area contributed by atoms with Gasteiger partial charge in [0.25, 0.3) is 0 Å². The number of likely N-dealkylation sites (N-methyl/N-ethyl adjacent to an activating group) is 1. The third-order valence-corrected chi connectivity index (χ3v) is 5.68. The van der Waals surface area contributed by atoms with Gasteiger partial charge in [-0.3, -0.25) is 9.69 Å². The number of benzene rings is 2. The van der Waals surface area contributed by atoms with Crippen LogP contribution in [-0.2, 0) is 11.3 Å². The molecule has 0 fully saturated rings. The smallest absolute Gasteiger partial charge is 0.234 e. The van der Waals surface area contributed by atoms with Gasteiger partial charge in [-0.1, -0.05) is 32.0 Å². The van der Waals surface area contributed by atoms with Crippen LogP contribution >= 0.6 is 11.8 Å². The van der Waals surface area contributed by atoms with Gasteiger partial charge in [0.2, 0.25) is 5.91 Å². The van der Waals surface area contributed by atoms with Crippen molar-refractivity contribution in [2.75, 3.05) is 33.1 Å². The Kier molecular flexibility index (Phi) is 7.45. The van der Waals surface area contributed by atoms with E-state index in [0.717, 1.165) is 23.6 Å². The van der Waals surface area contributed by atoms with Crippen LogP contribution < -0.4 is 14.8 Å². The Morgan fingerprint density at radius 2 is 1.79 bits per heavy atom. The molecule has 1 aliphatic heterocycles. The van der Waals surface area contributed by atoms with Crippen molar-refractivity contribution in [1.29, 1.82) is 0 Å². The molecule has 1 heterocycles. The zero-order chi connectivity index (χ0) is 20.8. The average Bonchev–Trinajstić information content (AvgIpc) is 2.72. The topological polar surface area (TPSA) is 50.8 Å². The highest BCUT2D eigenvalue weighted by molar-refractivity contribution is 7.98. The van der Waals surface area contributed by atoms with Gasteiger partial charge in [0.1, 0.15) is 13.2 Å². The molecule has 0 bridgehead atoms. The highest BCUT2D eigenvalue weighted by Gasteiger charge is 2.22. The molecule has 0 unspecified atom stereocenters. The molecule has 1 aliphatic rings. The summed E-state index contributed by atoms with van der Waals surface area (Å²) in [6, 6.07) is 14.3. The lowest BCUT2D eigenvalue weighted by molar-refractivity contribution is -0.123. The van der Waals surface area contributed by atoms with Crippen LogP contribution in [0.2, 0.25) is 0 Å². The molecule has 1 N–H and O–H groups in total. The van der Waals surface area contributed by atoms with Gasteiger partial charge >= 0.3 is 0 Å². The summed E-state index contributed by atoms with van der Waals surface area (Å²) in [7, 11) is 1.97. The van der Waals surface area contributed by atoms with Crippen LogP contribution in [0.1, 0.15) is 31.0 Å². The Labute approximate surface area is 177 Å². The zero-order valence-electron chi connectivity index (χ0n) is 17.6. The highest BCUT2D eigenvalue weighted by Crippen LogP contribution is 2.34. The molecule has 0 spiro atoms. The van der Waals surface area contributed by atoms with Gasteiger partial charge in [0.05, 0.1) is 12.6 Å². The minimum atomic E-state index is -0.0763. The Morgan fingerprint density at radius 1 is 1.10 bits per heavy atom. The van der Waals surface area contributed by atoms with E-state index in [1.54, 1.807) is 11.8 Å². The quantitative estimate of drug-likeness (QED) is 0.659. The Balaban J connectivity index is 1.60. The number of nitrogens with one attached hydrogen (secondary N) is 1. The van der Waals surface area contributed by atoms with Gasteiger partial charge in [0.15, 0.2) is 11.5 Å². The van der Waals surface area contributed by atoms with Gasteiger partial charge in [-0.15, -0.1) is 11.8 Å². The van der Waals surface area contributed by atoms with Gasteiger partial charge in [0, 0.05) is 11.4 Å². The summed E-state index contributed by atoms with van der Waals surface area (Å²) in [5.74, 6) is 1.79. The summed E-state index contributed by atoms with van der Waals surface area (Å²) < 4.78 is 11.3. The molecule has 6 heteroatoms. The summed E-state index contributed by atoms with van der Waals surface area (Å²) in [4.78, 5) is 16.0. The van der Waals surface area contributed by atoms with Crippen LogP contribution in [0.15, 0.2) is 47.4 Å². The van der Waals surface area contributed by atoms with E-state index in [2.05, 4.69) is 49.7 Å². The van der Waals surface area contributed by atoms with Crippen LogP contribution in [0.3, 0.4) is 0 Å². The average molecular weight is 415 g/mol. The number of hydrogen-bond donors (Lipinski definition) is 1. The largest absolute Gasteiger partial charge is 0.486 e. The van der Waals surface area contributed by atoms with E-state index in [0.29, 0.717) is 19.8 Å². The minimum Gasteiger partial charge on any atom is -0.486 e. The number of rotatable bonds is 8. The number of amides is 1. The van der Waals surface area contributed by atoms with Gasteiger partial charge < -0.3 is 14.8 Å². The molecule has 0 aromatic heterocycles. The predicted molar refractivity (Wildman–Crippen MR) is 118 cm³/mol. The number of carbonyl (C=O) groups excluding carboxylic acids is 1. The van der Waals surface area contributed by atoms with Crippen molar-refractivity contribution < 1.29 is 14.3 Å². The third-order valence-electron chi connectivity index (χ3n) is 4.93. The second kappa shape index (κ2) is 10.0. The number of fused-ring (bicyclic) bond motifs is 1. The van der Waals surface area contributed by atoms with E-state index in [4.69, 9.17) is 9.47 Å². The predicted octanol–water partition coefficient (Wildman–Crippen LogP) is 4.13. The lowest BCUT2D eigenvalue weighted by Gasteiger charge is -2.26. The summed E-state index contributed by atoms with van der Waals surface area (Å²) in [5, 5.41) is 3.19. The van der Waals surface area contributed by atoms with E-state index in [9.17, 15) is 4.79 Å². The molecule has 3 rings (SSSR count). The SMILES string of the molecule is CSc1ccc(CN(C)CC(=O)N[C@@H](c2ccc3c(c2)OCCO3)C(C)C)cc1. The van der Waals surface area contributed by atoms with Crippen molar-refractivity contribution in [3.05, 3.63) is 53.6 Å². The lowest BCUT2D eigenvalue weighted by atomic mass is 9.95. The fourth-order valence-electron chi connectivity index (χ4n) is 3.45. The molecule has 0 saturated heterocycles. The maximum Gasteiger partial charge on any atom is 0.234 e. The summed E-state index contributed by atoms with van der Waals surface area (Å²) in [6.45, 7) is 6.43. The number of carbonyl (C=O) groups is 1. The number of thioether (sulfide) groups is 1. The van der Waals surface area contributed by atoms with E-state index in [-0.39, 0.29) is 17.9 Å². The molecule has 0 aliphatic carbocycles. The Bertz CT molecular complexity index is 823. The molecule has 1 amide bonds. The van der Waals surface area contributed by atoms with Crippen molar-refractivity contribution in [2.24, 2.45) is 5.92 Å². The Hall–Kier alpha value is -2.18. The van der Waals surface area contributed by atoms with E-state index in [1.165, 1.54) is 10.5 Å². The van der Waals surface area contributed by atoms with Gasteiger partial charge in [-0.05, 0) is 54.6 Å². The zero-order valence-corrected chi connectivity index (χ0v) is 18.4. The molecule has 2 aromatic rings. The molecule has 0 radical (unpaired) electrons. The lowest BCUT2D eigenvalue weighted by Crippen LogP contribution is -2.38. The van der Waals surface area contributed by atoms with Crippen molar-refractivity contribution in [2.45, 2.75) is 31.3 Å².